The van der Waals surface area contributed by atoms with Crippen LogP contribution in [0.5, 0.6) is 0 Å². The second-order valence-corrected chi connectivity index (χ2v) is 4.57. The van der Waals surface area contributed by atoms with E-state index >= 15 is 0 Å². The minimum atomic E-state index is 0.521. The van der Waals surface area contributed by atoms with Gasteiger partial charge in [0.05, 0.1) is 27.1 Å². The molecule has 0 spiro atoms. The summed E-state index contributed by atoms with van der Waals surface area (Å²) in [5.41, 5.74) is 2.18. The molecule has 0 aliphatic heterocycles. The van der Waals surface area contributed by atoms with Crippen molar-refractivity contribution in [3.63, 3.8) is 0 Å². The number of hydrogen-bond acceptors (Lipinski definition) is 4. The molecule has 0 radical (unpaired) electrons. The van der Waals surface area contributed by atoms with Gasteiger partial charge in [0.15, 0.2) is 11.6 Å². The van der Waals surface area contributed by atoms with Crippen molar-refractivity contribution in [3.05, 3.63) is 40.6 Å². The average molecular weight is 300 g/mol. The zero-order valence-corrected chi connectivity index (χ0v) is 10.6. The van der Waals surface area contributed by atoms with Crippen molar-refractivity contribution in [1.29, 1.82) is 5.26 Å². The number of benzene rings is 1. The van der Waals surface area contributed by atoms with Crippen molar-refractivity contribution in [2.75, 3.05) is 0 Å². The minimum Gasteiger partial charge on any atom is -0.335 e. The molecule has 0 aliphatic rings. The van der Waals surface area contributed by atoms with E-state index in [1.54, 1.807) is 30.6 Å². The van der Waals surface area contributed by atoms with E-state index in [1.807, 2.05) is 0 Å². The van der Waals surface area contributed by atoms with Gasteiger partial charge in [-0.3, -0.25) is 0 Å². The van der Waals surface area contributed by atoms with Crippen LogP contribution in [-0.4, -0.2) is 19.9 Å². The third-order valence-electron chi connectivity index (χ3n) is 2.44. The molecule has 0 aliphatic carbocycles. The van der Waals surface area contributed by atoms with E-state index in [9.17, 15) is 0 Å². The lowest BCUT2D eigenvalue weighted by Gasteiger charge is -1.93. The van der Waals surface area contributed by atoms with E-state index in [1.165, 1.54) is 0 Å². The van der Waals surface area contributed by atoms with Crippen molar-refractivity contribution in [2.24, 2.45) is 0 Å². The molecule has 3 aromatic rings. The number of hydrogen-bond donors (Lipinski definition) is 1. The van der Waals surface area contributed by atoms with Crippen molar-refractivity contribution in [2.45, 2.75) is 0 Å². The first-order valence-corrected chi connectivity index (χ1v) is 5.93. The topological polar surface area (TPSA) is 78.2 Å². The van der Waals surface area contributed by atoms with Crippen LogP contribution in [-0.2, 0) is 0 Å². The van der Waals surface area contributed by atoms with E-state index in [0.717, 1.165) is 15.5 Å². The van der Waals surface area contributed by atoms with Gasteiger partial charge >= 0.3 is 0 Å². The summed E-state index contributed by atoms with van der Waals surface area (Å²) >= 11 is 3.28. The minimum absolute atomic E-state index is 0.521. The number of halogens is 1. The highest BCUT2D eigenvalue weighted by Crippen LogP contribution is 2.19. The third kappa shape index (κ3) is 1.85. The Hall–Kier alpha value is -2.26. The third-order valence-corrected chi connectivity index (χ3v) is 2.85. The highest BCUT2D eigenvalue weighted by molar-refractivity contribution is 9.10. The van der Waals surface area contributed by atoms with E-state index in [0.29, 0.717) is 17.2 Å². The van der Waals surface area contributed by atoms with Gasteiger partial charge in [-0.05, 0) is 34.1 Å². The molecule has 86 valence electrons. The largest absolute Gasteiger partial charge is 0.335 e. The zero-order valence-electron chi connectivity index (χ0n) is 9.05. The summed E-state index contributed by atoms with van der Waals surface area (Å²) in [6.07, 6.45) is 3.33. The Balaban J connectivity index is 2.13. The molecule has 0 saturated carbocycles. The Morgan fingerprint density at radius 3 is 2.72 bits per heavy atom. The van der Waals surface area contributed by atoms with Gasteiger partial charge in [-0.2, -0.15) is 5.26 Å². The van der Waals surface area contributed by atoms with Crippen molar-refractivity contribution in [3.8, 4) is 17.7 Å². The molecule has 0 atom stereocenters. The first kappa shape index (κ1) is 10.9. The van der Waals surface area contributed by atoms with Crippen LogP contribution < -0.4 is 0 Å². The van der Waals surface area contributed by atoms with Crippen molar-refractivity contribution < 1.29 is 0 Å². The smallest absolute Gasteiger partial charge is 0.195 e. The normalized spacial score (nSPS) is 10.4. The van der Waals surface area contributed by atoms with Crippen molar-refractivity contribution in [1.82, 2.24) is 19.9 Å². The summed E-state index contributed by atoms with van der Waals surface area (Å²) in [6.45, 7) is 0. The van der Waals surface area contributed by atoms with Gasteiger partial charge in [-0.25, -0.2) is 15.0 Å². The van der Waals surface area contributed by atoms with E-state index in [4.69, 9.17) is 5.26 Å². The standard InChI is InChI=1S/C12H6BrN5/c13-8-5-15-11(16-6-8)12-17-9-2-1-7(4-14)3-10(9)18-12/h1-3,5-6H,(H,17,18). The van der Waals surface area contributed by atoms with Crippen LogP contribution in [0.2, 0.25) is 0 Å². The molecule has 2 aromatic heterocycles. The number of rotatable bonds is 1. The molecule has 0 amide bonds. The molecule has 2 heterocycles. The lowest BCUT2D eigenvalue weighted by atomic mass is 10.2. The van der Waals surface area contributed by atoms with E-state index < -0.39 is 0 Å². The molecule has 1 N–H and O–H groups in total. The molecule has 0 unspecified atom stereocenters. The van der Waals surface area contributed by atoms with Gasteiger partial charge in [0.25, 0.3) is 0 Å². The van der Waals surface area contributed by atoms with Gasteiger partial charge in [-0.1, -0.05) is 0 Å². The number of nitriles is 1. The summed E-state index contributed by atoms with van der Waals surface area (Å²) in [5, 5.41) is 8.84. The van der Waals surface area contributed by atoms with Crippen LogP contribution in [0, 0.1) is 11.3 Å². The summed E-state index contributed by atoms with van der Waals surface area (Å²) in [4.78, 5) is 15.8. The maximum absolute atomic E-state index is 8.84. The number of nitrogens with one attached hydrogen (secondary N) is 1. The molecule has 0 fully saturated rings. The lowest BCUT2D eigenvalue weighted by molar-refractivity contribution is 1.12. The molecule has 0 bridgehead atoms. The molecule has 1 aromatic carbocycles. The van der Waals surface area contributed by atoms with Crippen LogP contribution >= 0.6 is 15.9 Å². The summed E-state index contributed by atoms with van der Waals surface area (Å²) < 4.78 is 0.814. The number of fused-ring (bicyclic) bond motifs is 1. The molecular formula is C12H6BrN5. The van der Waals surface area contributed by atoms with Crippen LogP contribution in [0.4, 0.5) is 0 Å². The maximum atomic E-state index is 8.84. The SMILES string of the molecule is N#Cc1ccc2nc(-c3ncc(Br)cn3)[nH]c2c1. The van der Waals surface area contributed by atoms with Crippen LogP contribution in [0.3, 0.4) is 0 Å². The van der Waals surface area contributed by atoms with Gasteiger partial charge in [0.2, 0.25) is 0 Å². The van der Waals surface area contributed by atoms with Crippen LogP contribution in [0.25, 0.3) is 22.7 Å². The monoisotopic (exact) mass is 299 g/mol. The number of imidazole rings is 1. The van der Waals surface area contributed by atoms with Gasteiger partial charge < -0.3 is 4.98 Å². The summed E-state index contributed by atoms with van der Waals surface area (Å²) in [5.74, 6) is 1.11. The fraction of sp³-hybridized carbons (Fsp3) is 0. The molecule has 18 heavy (non-hydrogen) atoms. The van der Waals surface area contributed by atoms with Crippen LogP contribution in [0.15, 0.2) is 35.1 Å². The highest BCUT2D eigenvalue weighted by Gasteiger charge is 2.08. The molecular weight excluding hydrogens is 294 g/mol. The number of H-pyrrole nitrogens is 1. The Kier molecular flexibility index (Phi) is 2.54. The lowest BCUT2D eigenvalue weighted by Crippen LogP contribution is -1.89. The predicted octanol–water partition coefficient (Wildman–Crippen LogP) is 2.65. The Labute approximate surface area is 111 Å². The Morgan fingerprint density at radius 2 is 2.00 bits per heavy atom. The first-order chi connectivity index (χ1) is 8.76. The maximum Gasteiger partial charge on any atom is 0.195 e. The Morgan fingerprint density at radius 1 is 1.22 bits per heavy atom. The fourth-order valence-corrected chi connectivity index (χ4v) is 1.82. The first-order valence-electron chi connectivity index (χ1n) is 5.14. The molecule has 6 heteroatoms. The van der Waals surface area contributed by atoms with Gasteiger partial charge in [-0.15, -0.1) is 0 Å². The van der Waals surface area contributed by atoms with E-state index in [-0.39, 0.29) is 0 Å². The van der Waals surface area contributed by atoms with Crippen molar-refractivity contribution >= 4 is 27.0 Å². The Bertz CT molecular complexity index is 754. The quantitative estimate of drug-likeness (QED) is 0.749. The fourth-order valence-electron chi connectivity index (χ4n) is 1.62. The molecule has 0 saturated heterocycles. The van der Waals surface area contributed by atoms with Gasteiger partial charge in [0, 0.05) is 12.4 Å². The zero-order chi connectivity index (χ0) is 12.5. The van der Waals surface area contributed by atoms with Gasteiger partial charge in [0.1, 0.15) is 0 Å². The molecule has 5 nitrogen and oxygen atoms in total. The number of aromatic nitrogens is 4. The summed E-state index contributed by atoms with van der Waals surface area (Å²) in [6, 6.07) is 7.37. The highest BCUT2D eigenvalue weighted by atomic mass is 79.9. The number of nitrogens with zero attached hydrogens (tertiary/aromatic N) is 4. The second-order valence-electron chi connectivity index (χ2n) is 3.65. The summed E-state index contributed by atoms with van der Waals surface area (Å²) in [7, 11) is 0. The average Bonchev–Trinajstić information content (AvgIpc) is 2.82. The molecule has 3 rings (SSSR count). The second kappa shape index (κ2) is 4.20. The van der Waals surface area contributed by atoms with E-state index in [2.05, 4.69) is 41.9 Å². The number of aromatic amines is 1. The predicted molar refractivity (Wildman–Crippen MR) is 69.5 cm³/mol. The van der Waals surface area contributed by atoms with Crippen LogP contribution in [0.1, 0.15) is 5.56 Å².